The highest BCUT2D eigenvalue weighted by atomic mass is 16.5. The molecule has 138 valence electrons. The third-order valence-electron chi connectivity index (χ3n) is 5.00. The smallest absolute Gasteiger partial charge is 0.339 e. The van der Waals surface area contributed by atoms with Gasteiger partial charge in [0.25, 0.3) is 0 Å². The van der Waals surface area contributed by atoms with E-state index in [1.165, 1.54) is 12.7 Å². The molecule has 2 aromatic carbocycles. The van der Waals surface area contributed by atoms with Gasteiger partial charge >= 0.3 is 5.97 Å². The third kappa shape index (κ3) is 4.42. The van der Waals surface area contributed by atoms with Gasteiger partial charge in [0.05, 0.1) is 13.7 Å². The highest BCUT2D eigenvalue weighted by Gasteiger charge is 2.23. The molecule has 0 aliphatic carbocycles. The van der Waals surface area contributed by atoms with Gasteiger partial charge in [-0.1, -0.05) is 30.3 Å². The van der Waals surface area contributed by atoms with Crippen LogP contribution in [0.5, 0.6) is 5.75 Å². The number of aliphatic hydroxyl groups excluding tert-OH is 1. The van der Waals surface area contributed by atoms with Crippen LogP contribution in [-0.4, -0.2) is 41.3 Å². The van der Waals surface area contributed by atoms with E-state index >= 15 is 0 Å². The average molecular weight is 355 g/mol. The van der Waals surface area contributed by atoms with E-state index in [1.54, 1.807) is 12.1 Å². The number of aliphatic hydroxyl groups is 1. The van der Waals surface area contributed by atoms with E-state index in [0.717, 1.165) is 43.6 Å². The summed E-state index contributed by atoms with van der Waals surface area (Å²) in [6, 6.07) is 13.5. The standard InChI is InChI=1S/C21H25NO4/c1-26-20-7-6-17(11-19(20)21(24)25)12-22-9-8-18(13-22)10-15-2-4-16(14-23)5-3-15/h2-7,11,18,23H,8-10,12-14H2,1H3,(H,24,25)/t18-/m0/s1. The van der Waals surface area contributed by atoms with Crippen molar-refractivity contribution in [2.75, 3.05) is 20.2 Å². The first-order valence-corrected chi connectivity index (χ1v) is 8.90. The molecule has 1 aliphatic heterocycles. The number of hydrogen-bond donors (Lipinski definition) is 2. The highest BCUT2D eigenvalue weighted by Crippen LogP contribution is 2.25. The van der Waals surface area contributed by atoms with E-state index in [9.17, 15) is 9.90 Å². The Morgan fingerprint density at radius 1 is 1.15 bits per heavy atom. The number of hydrogen-bond acceptors (Lipinski definition) is 4. The summed E-state index contributed by atoms with van der Waals surface area (Å²) in [5.74, 6) is 0.0355. The molecule has 0 bridgehead atoms. The highest BCUT2D eigenvalue weighted by molar-refractivity contribution is 5.91. The Kier molecular flexibility index (Phi) is 5.91. The van der Waals surface area contributed by atoms with Gasteiger partial charge in [0.15, 0.2) is 0 Å². The van der Waals surface area contributed by atoms with Crippen LogP contribution in [0, 0.1) is 5.92 Å². The second-order valence-electron chi connectivity index (χ2n) is 6.91. The molecule has 2 N–H and O–H groups in total. The minimum absolute atomic E-state index is 0.0810. The second kappa shape index (κ2) is 8.34. The van der Waals surface area contributed by atoms with Crippen molar-refractivity contribution in [1.29, 1.82) is 0 Å². The van der Waals surface area contributed by atoms with E-state index in [-0.39, 0.29) is 12.2 Å². The zero-order valence-corrected chi connectivity index (χ0v) is 15.0. The molecule has 1 fully saturated rings. The van der Waals surface area contributed by atoms with Crippen molar-refractivity contribution in [2.45, 2.75) is 26.0 Å². The summed E-state index contributed by atoms with van der Waals surface area (Å²) in [6.07, 6.45) is 2.18. The molecule has 5 nitrogen and oxygen atoms in total. The van der Waals surface area contributed by atoms with Crippen LogP contribution < -0.4 is 4.74 Å². The first-order chi connectivity index (χ1) is 12.6. The summed E-state index contributed by atoms with van der Waals surface area (Å²) in [7, 11) is 1.49. The Balaban J connectivity index is 1.58. The number of benzene rings is 2. The van der Waals surface area contributed by atoms with Gasteiger partial charge in [0.2, 0.25) is 0 Å². The van der Waals surface area contributed by atoms with Crippen molar-refractivity contribution in [3.05, 3.63) is 64.7 Å². The number of ether oxygens (including phenoxy) is 1. The van der Waals surface area contributed by atoms with E-state index in [2.05, 4.69) is 17.0 Å². The fourth-order valence-electron chi connectivity index (χ4n) is 3.62. The minimum atomic E-state index is -0.964. The molecular formula is C21H25NO4. The number of aromatic carboxylic acids is 1. The van der Waals surface area contributed by atoms with Crippen LogP contribution in [-0.2, 0) is 19.6 Å². The molecule has 1 aliphatic rings. The van der Waals surface area contributed by atoms with Crippen LogP contribution in [0.3, 0.4) is 0 Å². The molecule has 0 radical (unpaired) electrons. The maximum absolute atomic E-state index is 11.4. The van der Waals surface area contributed by atoms with Gasteiger partial charge in [-0.05, 0) is 54.1 Å². The van der Waals surface area contributed by atoms with Crippen molar-refractivity contribution in [2.24, 2.45) is 5.92 Å². The summed E-state index contributed by atoms with van der Waals surface area (Å²) in [5.41, 5.74) is 3.45. The maximum atomic E-state index is 11.4. The third-order valence-corrected chi connectivity index (χ3v) is 5.00. The lowest BCUT2D eigenvalue weighted by atomic mass is 9.98. The molecule has 0 amide bonds. The summed E-state index contributed by atoms with van der Waals surface area (Å²) >= 11 is 0. The molecule has 2 aromatic rings. The Bertz CT molecular complexity index is 757. The Labute approximate surface area is 153 Å². The van der Waals surface area contributed by atoms with E-state index in [4.69, 9.17) is 9.84 Å². The van der Waals surface area contributed by atoms with Crippen molar-refractivity contribution in [3.8, 4) is 5.75 Å². The van der Waals surface area contributed by atoms with Crippen molar-refractivity contribution in [1.82, 2.24) is 4.90 Å². The quantitative estimate of drug-likeness (QED) is 0.799. The van der Waals surface area contributed by atoms with E-state index in [0.29, 0.717) is 11.7 Å². The zero-order chi connectivity index (χ0) is 18.5. The summed E-state index contributed by atoms with van der Waals surface area (Å²) in [5, 5.41) is 18.4. The largest absolute Gasteiger partial charge is 0.496 e. The van der Waals surface area contributed by atoms with Gasteiger partial charge < -0.3 is 14.9 Å². The van der Waals surface area contributed by atoms with Gasteiger partial charge in [-0.2, -0.15) is 0 Å². The van der Waals surface area contributed by atoms with Crippen LogP contribution in [0.2, 0.25) is 0 Å². The Morgan fingerprint density at radius 3 is 2.50 bits per heavy atom. The first-order valence-electron chi connectivity index (χ1n) is 8.90. The lowest BCUT2D eigenvalue weighted by Crippen LogP contribution is -2.21. The Morgan fingerprint density at radius 2 is 1.85 bits per heavy atom. The van der Waals surface area contributed by atoms with E-state index < -0.39 is 5.97 Å². The first kappa shape index (κ1) is 18.4. The fourth-order valence-corrected chi connectivity index (χ4v) is 3.62. The van der Waals surface area contributed by atoms with Crippen LogP contribution in [0.25, 0.3) is 0 Å². The van der Waals surface area contributed by atoms with Crippen LogP contribution in [0.4, 0.5) is 0 Å². The molecular weight excluding hydrogens is 330 g/mol. The zero-order valence-electron chi connectivity index (χ0n) is 15.0. The molecule has 0 saturated carbocycles. The molecule has 1 saturated heterocycles. The molecule has 5 heteroatoms. The van der Waals surface area contributed by atoms with Crippen molar-refractivity contribution >= 4 is 5.97 Å². The van der Waals surface area contributed by atoms with E-state index in [1.807, 2.05) is 18.2 Å². The van der Waals surface area contributed by atoms with Crippen LogP contribution >= 0.6 is 0 Å². The SMILES string of the molecule is COc1ccc(CN2CC[C@@H](Cc3ccc(CO)cc3)C2)cc1C(=O)O. The van der Waals surface area contributed by atoms with Gasteiger partial charge in [-0.25, -0.2) is 4.79 Å². The molecule has 0 unspecified atom stereocenters. The lowest BCUT2D eigenvalue weighted by Gasteiger charge is -2.17. The van der Waals surface area contributed by atoms with Crippen molar-refractivity contribution < 1.29 is 19.7 Å². The van der Waals surface area contributed by atoms with Crippen LogP contribution in [0.15, 0.2) is 42.5 Å². The minimum Gasteiger partial charge on any atom is -0.496 e. The lowest BCUT2D eigenvalue weighted by molar-refractivity contribution is 0.0693. The number of carbonyl (C=O) groups is 1. The maximum Gasteiger partial charge on any atom is 0.339 e. The second-order valence-corrected chi connectivity index (χ2v) is 6.91. The number of carboxylic acid groups (broad SMARTS) is 1. The molecule has 1 heterocycles. The molecule has 0 spiro atoms. The fraction of sp³-hybridized carbons (Fsp3) is 0.381. The topological polar surface area (TPSA) is 70.0 Å². The molecule has 3 rings (SSSR count). The van der Waals surface area contributed by atoms with Gasteiger partial charge in [-0.3, -0.25) is 4.90 Å². The van der Waals surface area contributed by atoms with Gasteiger partial charge in [-0.15, -0.1) is 0 Å². The average Bonchev–Trinajstić information content (AvgIpc) is 3.09. The summed E-state index contributed by atoms with van der Waals surface area (Å²) in [4.78, 5) is 13.7. The molecule has 1 atom stereocenters. The number of nitrogens with zero attached hydrogens (tertiary/aromatic N) is 1. The van der Waals surface area contributed by atoms with Gasteiger partial charge in [0.1, 0.15) is 11.3 Å². The number of likely N-dealkylation sites (tertiary alicyclic amines) is 1. The monoisotopic (exact) mass is 355 g/mol. The Hall–Kier alpha value is -2.37. The normalized spacial score (nSPS) is 17.4. The molecule has 26 heavy (non-hydrogen) atoms. The number of carboxylic acids is 1. The van der Waals surface area contributed by atoms with Crippen LogP contribution in [0.1, 0.15) is 33.5 Å². The summed E-state index contributed by atoms with van der Waals surface area (Å²) in [6.45, 7) is 2.87. The number of methoxy groups -OCH3 is 1. The van der Waals surface area contributed by atoms with Gasteiger partial charge in [0, 0.05) is 13.1 Å². The molecule has 0 aromatic heterocycles. The predicted octanol–water partition coefficient (Wildman–Crippen LogP) is 2.95. The number of rotatable bonds is 7. The van der Waals surface area contributed by atoms with Crippen molar-refractivity contribution in [3.63, 3.8) is 0 Å². The summed E-state index contributed by atoms with van der Waals surface area (Å²) < 4.78 is 5.12. The predicted molar refractivity (Wildman–Crippen MR) is 99.4 cm³/mol.